The summed E-state index contributed by atoms with van der Waals surface area (Å²) in [5, 5.41) is 2.85. The summed E-state index contributed by atoms with van der Waals surface area (Å²) >= 11 is 6.49. The maximum Gasteiger partial charge on any atom is 0.418 e. The highest BCUT2D eigenvalue weighted by molar-refractivity contribution is 9.10. The Morgan fingerprint density at radius 3 is 2.38 bits per heavy atom. The van der Waals surface area contributed by atoms with Crippen LogP contribution in [-0.2, 0) is 12.7 Å². The van der Waals surface area contributed by atoms with Gasteiger partial charge in [0.2, 0.25) is 0 Å². The fourth-order valence-electron chi connectivity index (χ4n) is 1.89. The highest BCUT2D eigenvalue weighted by atomic mass is 79.9. The maximum atomic E-state index is 13.0. The van der Waals surface area contributed by atoms with Crippen LogP contribution in [0.2, 0.25) is 0 Å². The zero-order valence-corrected chi connectivity index (χ0v) is 14.2. The minimum Gasteiger partial charge on any atom is -0.380 e. The van der Waals surface area contributed by atoms with Crippen LogP contribution in [0.25, 0.3) is 0 Å². The molecular weight excluding hydrogens is 411 g/mol. The third kappa shape index (κ3) is 4.23. The summed E-state index contributed by atoms with van der Waals surface area (Å²) in [6, 6.07) is 9.83. The average Bonchev–Trinajstić information content (AvgIpc) is 2.38. The number of anilines is 1. The zero-order chi connectivity index (χ0) is 15.6. The standard InChI is InChI=1S/C15H12Br2F3N/c1-9-2-3-10(13(17)6-9)8-21-14-5-4-11(16)7-12(14)15(18,19)20/h2-7,21H,8H2,1H3. The van der Waals surface area contributed by atoms with Crippen molar-refractivity contribution in [2.45, 2.75) is 19.6 Å². The molecule has 0 amide bonds. The average molecular weight is 423 g/mol. The molecule has 2 rings (SSSR count). The van der Waals surface area contributed by atoms with Crippen molar-refractivity contribution in [1.82, 2.24) is 0 Å². The van der Waals surface area contributed by atoms with Gasteiger partial charge in [-0.15, -0.1) is 0 Å². The summed E-state index contributed by atoms with van der Waals surface area (Å²) in [5.41, 5.74) is 1.38. The molecule has 0 atom stereocenters. The lowest BCUT2D eigenvalue weighted by atomic mass is 10.1. The molecule has 2 aromatic carbocycles. The zero-order valence-electron chi connectivity index (χ0n) is 11.1. The van der Waals surface area contributed by atoms with E-state index in [1.807, 2.05) is 25.1 Å². The van der Waals surface area contributed by atoms with Crippen molar-refractivity contribution in [3.05, 3.63) is 62.0 Å². The van der Waals surface area contributed by atoms with Gasteiger partial charge >= 0.3 is 6.18 Å². The van der Waals surface area contributed by atoms with Gasteiger partial charge in [-0.3, -0.25) is 0 Å². The van der Waals surface area contributed by atoms with Crippen LogP contribution in [0.4, 0.5) is 18.9 Å². The van der Waals surface area contributed by atoms with Crippen LogP contribution in [0.5, 0.6) is 0 Å². The molecule has 0 heterocycles. The molecule has 0 saturated carbocycles. The SMILES string of the molecule is Cc1ccc(CNc2ccc(Br)cc2C(F)(F)F)c(Br)c1. The first kappa shape index (κ1) is 16.4. The number of alkyl halides is 3. The van der Waals surface area contributed by atoms with E-state index >= 15 is 0 Å². The first-order valence-corrected chi connectivity index (χ1v) is 7.71. The van der Waals surface area contributed by atoms with Crippen molar-refractivity contribution in [3.63, 3.8) is 0 Å². The molecule has 0 bridgehead atoms. The Morgan fingerprint density at radius 1 is 1.05 bits per heavy atom. The van der Waals surface area contributed by atoms with E-state index < -0.39 is 11.7 Å². The molecule has 0 unspecified atom stereocenters. The van der Waals surface area contributed by atoms with Crippen LogP contribution in [0.1, 0.15) is 16.7 Å². The molecule has 21 heavy (non-hydrogen) atoms. The van der Waals surface area contributed by atoms with Crippen molar-refractivity contribution in [1.29, 1.82) is 0 Å². The topological polar surface area (TPSA) is 12.0 Å². The van der Waals surface area contributed by atoms with E-state index in [2.05, 4.69) is 37.2 Å². The summed E-state index contributed by atoms with van der Waals surface area (Å²) in [7, 11) is 0. The normalized spacial score (nSPS) is 11.5. The third-order valence-electron chi connectivity index (χ3n) is 2.96. The molecule has 6 heteroatoms. The summed E-state index contributed by atoms with van der Waals surface area (Å²) in [5.74, 6) is 0. The fraction of sp³-hybridized carbons (Fsp3) is 0.200. The largest absolute Gasteiger partial charge is 0.418 e. The van der Waals surface area contributed by atoms with E-state index in [4.69, 9.17) is 0 Å². The molecule has 0 radical (unpaired) electrons. The lowest BCUT2D eigenvalue weighted by Gasteiger charge is -2.15. The van der Waals surface area contributed by atoms with Gasteiger partial charge in [-0.25, -0.2) is 0 Å². The van der Waals surface area contributed by atoms with E-state index in [9.17, 15) is 13.2 Å². The van der Waals surface area contributed by atoms with Crippen LogP contribution < -0.4 is 5.32 Å². The van der Waals surface area contributed by atoms with E-state index in [1.165, 1.54) is 6.07 Å². The number of hydrogen-bond acceptors (Lipinski definition) is 1. The second-order valence-corrected chi connectivity index (χ2v) is 6.41. The number of hydrogen-bond donors (Lipinski definition) is 1. The Bertz CT molecular complexity index is 654. The molecule has 0 fully saturated rings. The third-order valence-corrected chi connectivity index (χ3v) is 4.20. The van der Waals surface area contributed by atoms with Gasteiger partial charge in [-0.1, -0.05) is 44.0 Å². The predicted molar refractivity (Wildman–Crippen MR) is 85.3 cm³/mol. The fourth-order valence-corrected chi connectivity index (χ4v) is 2.89. The molecule has 0 spiro atoms. The van der Waals surface area contributed by atoms with Gasteiger partial charge in [-0.2, -0.15) is 13.2 Å². The number of aryl methyl sites for hydroxylation is 1. The predicted octanol–water partition coefficient (Wildman–Crippen LogP) is 6.15. The lowest BCUT2D eigenvalue weighted by Crippen LogP contribution is -2.11. The first-order valence-electron chi connectivity index (χ1n) is 6.13. The quantitative estimate of drug-likeness (QED) is 0.625. The summed E-state index contributed by atoms with van der Waals surface area (Å²) in [6.45, 7) is 2.27. The Labute approximate surface area is 137 Å². The van der Waals surface area contributed by atoms with E-state index in [0.717, 1.165) is 21.7 Å². The molecule has 2 aromatic rings. The summed E-state index contributed by atoms with van der Waals surface area (Å²) in [4.78, 5) is 0. The van der Waals surface area contributed by atoms with Crippen LogP contribution in [0.3, 0.4) is 0 Å². The Hall–Kier alpha value is -1.01. The van der Waals surface area contributed by atoms with Crippen molar-refractivity contribution < 1.29 is 13.2 Å². The van der Waals surface area contributed by atoms with E-state index in [0.29, 0.717) is 11.0 Å². The molecule has 1 nitrogen and oxygen atoms in total. The highest BCUT2D eigenvalue weighted by Crippen LogP contribution is 2.36. The van der Waals surface area contributed by atoms with Crippen LogP contribution in [0.15, 0.2) is 45.3 Å². The lowest BCUT2D eigenvalue weighted by molar-refractivity contribution is -0.137. The minimum absolute atomic E-state index is 0.0678. The van der Waals surface area contributed by atoms with Crippen LogP contribution in [0, 0.1) is 6.92 Å². The maximum absolute atomic E-state index is 13.0. The Morgan fingerprint density at radius 2 is 1.76 bits per heavy atom. The highest BCUT2D eigenvalue weighted by Gasteiger charge is 2.33. The molecule has 0 aliphatic carbocycles. The number of rotatable bonds is 3. The van der Waals surface area contributed by atoms with Gasteiger partial charge in [0.1, 0.15) is 0 Å². The molecule has 0 aromatic heterocycles. The Kier molecular flexibility index (Phi) is 4.99. The Balaban J connectivity index is 2.24. The second-order valence-electron chi connectivity index (χ2n) is 4.64. The van der Waals surface area contributed by atoms with Gasteiger partial charge < -0.3 is 5.32 Å². The van der Waals surface area contributed by atoms with Gasteiger partial charge in [0, 0.05) is 21.2 Å². The van der Waals surface area contributed by atoms with E-state index in [1.54, 1.807) is 6.07 Å². The second kappa shape index (κ2) is 6.40. The monoisotopic (exact) mass is 421 g/mol. The van der Waals surface area contributed by atoms with Gasteiger partial charge in [0.25, 0.3) is 0 Å². The van der Waals surface area contributed by atoms with E-state index in [-0.39, 0.29) is 5.69 Å². The minimum atomic E-state index is -4.39. The van der Waals surface area contributed by atoms with Crippen molar-refractivity contribution >= 4 is 37.5 Å². The summed E-state index contributed by atoms with van der Waals surface area (Å²) < 4.78 is 40.3. The number of benzene rings is 2. The van der Waals surface area contributed by atoms with Gasteiger partial charge in [0.05, 0.1) is 5.56 Å². The molecule has 0 saturated heterocycles. The molecule has 1 N–H and O–H groups in total. The molecule has 0 aliphatic heterocycles. The molecule has 0 aliphatic rings. The van der Waals surface area contributed by atoms with Crippen LogP contribution in [-0.4, -0.2) is 0 Å². The van der Waals surface area contributed by atoms with Crippen molar-refractivity contribution in [2.75, 3.05) is 5.32 Å². The van der Waals surface area contributed by atoms with Crippen molar-refractivity contribution in [2.24, 2.45) is 0 Å². The molecular formula is C15H12Br2F3N. The van der Waals surface area contributed by atoms with Crippen molar-refractivity contribution in [3.8, 4) is 0 Å². The summed E-state index contributed by atoms with van der Waals surface area (Å²) in [6.07, 6.45) is -4.39. The first-order chi connectivity index (χ1) is 9.77. The van der Waals surface area contributed by atoms with Crippen LogP contribution >= 0.6 is 31.9 Å². The number of halogens is 5. The van der Waals surface area contributed by atoms with Gasteiger partial charge in [-0.05, 0) is 42.3 Å². The smallest absolute Gasteiger partial charge is 0.380 e. The van der Waals surface area contributed by atoms with Gasteiger partial charge in [0.15, 0.2) is 0 Å². The number of nitrogens with one attached hydrogen (secondary N) is 1. The molecule has 112 valence electrons.